The Hall–Kier alpha value is -0.563. The van der Waals surface area contributed by atoms with Crippen molar-refractivity contribution in [3.8, 4) is 0 Å². The summed E-state index contributed by atoms with van der Waals surface area (Å²) in [6.07, 6.45) is 3.68. The lowest BCUT2D eigenvalue weighted by atomic mass is 9.87. The van der Waals surface area contributed by atoms with Gasteiger partial charge in [0.25, 0.3) is 0 Å². The third-order valence-electron chi connectivity index (χ3n) is 3.89. The van der Waals surface area contributed by atoms with Crippen LogP contribution in [0.1, 0.15) is 83.8 Å². The van der Waals surface area contributed by atoms with E-state index in [4.69, 9.17) is 0 Å². The first-order chi connectivity index (χ1) is 8.97. The van der Waals surface area contributed by atoms with Gasteiger partial charge in [0.2, 0.25) is 0 Å². The fraction of sp³-hybridized carbons (Fsp3) is 0.667. The standard InChI is InChI=1S/C14H22.C4H9Si/c1-5-11(3)13-9-7-8-10-14(13)12(4)6-2;1-3-4(2)5/h7-12H,5-6H2,1-4H3;4H,3H2,1-2H3. The zero-order valence-electron chi connectivity index (χ0n) is 13.7. The molecule has 1 aromatic carbocycles. The first-order valence-electron chi connectivity index (χ1n) is 7.77. The molecule has 0 bridgehead atoms. The van der Waals surface area contributed by atoms with Crippen molar-refractivity contribution in [2.75, 3.05) is 0 Å². The molecule has 0 spiro atoms. The molecule has 1 aromatic rings. The van der Waals surface area contributed by atoms with E-state index >= 15 is 0 Å². The summed E-state index contributed by atoms with van der Waals surface area (Å²) in [5.74, 6) is 1.39. The molecule has 1 heteroatoms. The molecule has 0 aromatic heterocycles. The van der Waals surface area contributed by atoms with Gasteiger partial charge in [-0.3, -0.25) is 0 Å². The molecule has 3 radical (unpaired) electrons. The molecule has 1 rings (SSSR count). The summed E-state index contributed by atoms with van der Waals surface area (Å²) >= 11 is 0. The highest BCUT2D eigenvalue weighted by Crippen LogP contribution is 2.29. The van der Waals surface area contributed by atoms with E-state index in [1.807, 2.05) is 0 Å². The second kappa shape index (κ2) is 10.3. The van der Waals surface area contributed by atoms with E-state index in [1.54, 1.807) is 11.1 Å². The van der Waals surface area contributed by atoms with Crippen LogP contribution in [0.5, 0.6) is 0 Å². The van der Waals surface area contributed by atoms with E-state index in [2.05, 4.69) is 76.1 Å². The van der Waals surface area contributed by atoms with E-state index in [0.29, 0.717) is 17.4 Å². The average Bonchev–Trinajstić information content (AvgIpc) is 2.46. The Kier molecular flexibility index (Phi) is 9.95. The minimum Gasteiger partial charge on any atom is -0.0656 e. The first kappa shape index (κ1) is 18.4. The lowest BCUT2D eigenvalue weighted by molar-refractivity contribution is 0.677. The van der Waals surface area contributed by atoms with Crippen molar-refractivity contribution >= 4 is 10.2 Å². The van der Waals surface area contributed by atoms with Gasteiger partial charge in [-0.05, 0) is 35.8 Å². The molecule has 3 unspecified atom stereocenters. The van der Waals surface area contributed by atoms with Gasteiger partial charge >= 0.3 is 0 Å². The van der Waals surface area contributed by atoms with Crippen LogP contribution in [0.3, 0.4) is 0 Å². The first-order valence-corrected chi connectivity index (χ1v) is 8.35. The summed E-state index contributed by atoms with van der Waals surface area (Å²) < 4.78 is 0. The van der Waals surface area contributed by atoms with Crippen LogP contribution in [-0.2, 0) is 0 Å². The van der Waals surface area contributed by atoms with E-state index in [1.165, 1.54) is 19.3 Å². The van der Waals surface area contributed by atoms with Gasteiger partial charge in [0.05, 0.1) is 0 Å². The van der Waals surface area contributed by atoms with Crippen molar-refractivity contribution in [2.45, 2.75) is 78.2 Å². The predicted octanol–water partition coefficient (Wildman–Crippen LogP) is 6.09. The topological polar surface area (TPSA) is 0 Å². The van der Waals surface area contributed by atoms with Crippen molar-refractivity contribution in [1.29, 1.82) is 0 Å². The Bertz CT molecular complexity index is 301. The summed E-state index contributed by atoms with van der Waals surface area (Å²) in [4.78, 5) is 0. The Labute approximate surface area is 124 Å². The average molecular weight is 276 g/mol. The Balaban J connectivity index is 0.000000555. The van der Waals surface area contributed by atoms with Crippen molar-refractivity contribution in [1.82, 2.24) is 0 Å². The van der Waals surface area contributed by atoms with Gasteiger partial charge in [-0.25, -0.2) is 0 Å². The van der Waals surface area contributed by atoms with Crippen molar-refractivity contribution in [3.05, 3.63) is 35.4 Å². The highest BCUT2D eigenvalue weighted by atomic mass is 28.1. The van der Waals surface area contributed by atoms with Gasteiger partial charge in [0, 0.05) is 10.2 Å². The summed E-state index contributed by atoms with van der Waals surface area (Å²) in [5.41, 5.74) is 3.78. The highest BCUT2D eigenvalue weighted by molar-refractivity contribution is 6.11. The third-order valence-corrected chi connectivity index (χ3v) is 4.30. The zero-order valence-corrected chi connectivity index (χ0v) is 14.7. The van der Waals surface area contributed by atoms with E-state index in [0.717, 1.165) is 0 Å². The smallest absolute Gasteiger partial charge is 0.0262 e. The molecule has 0 amide bonds. The van der Waals surface area contributed by atoms with Crippen LogP contribution in [0.4, 0.5) is 0 Å². The predicted molar refractivity (Wildman–Crippen MR) is 89.3 cm³/mol. The molecule has 0 fully saturated rings. The van der Waals surface area contributed by atoms with Crippen LogP contribution in [0, 0.1) is 0 Å². The van der Waals surface area contributed by atoms with Gasteiger partial charge in [0.15, 0.2) is 0 Å². The highest BCUT2D eigenvalue weighted by Gasteiger charge is 2.11. The third kappa shape index (κ3) is 6.96. The molecule has 0 aliphatic heterocycles. The molecule has 0 saturated carbocycles. The van der Waals surface area contributed by atoms with E-state index in [9.17, 15) is 0 Å². The molecule has 0 aliphatic carbocycles. The lowest BCUT2D eigenvalue weighted by Crippen LogP contribution is -2.01. The van der Waals surface area contributed by atoms with E-state index in [-0.39, 0.29) is 0 Å². The Morgan fingerprint density at radius 1 is 0.789 bits per heavy atom. The molecule has 107 valence electrons. The fourth-order valence-corrected chi connectivity index (χ4v) is 1.85. The van der Waals surface area contributed by atoms with Gasteiger partial charge < -0.3 is 0 Å². The maximum atomic E-state index is 3.42. The van der Waals surface area contributed by atoms with Crippen LogP contribution in [0.25, 0.3) is 0 Å². The molecule has 0 N–H and O–H groups in total. The van der Waals surface area contributed by atoms with Gasteiger partial charge in [0.1, 0.15) is 0 Å². The van der Waals surface area contributed by atoms with Crippen molar-refractivity contribution in [3.63, 3.8) is 0 Å². The van der Waals surface area contributed by atoms with Crippen LogP contribution in [-0.4, -0.2) is 10.2 Å². The van der Waals surface area contributed by atoms with E-state index < -0.39 is 0 Å². The molecule has 0 heterocycles. The minimum absolute atomic E-state index is 0.690. The SMILES string of the molecule is CCC(C)[Si].CCC(C)c1ccccc1C(C)CC. The maximum absolute atomic E-state index is 3.42. The number of benzene rings is 1. The zero-order chi connectivity index (χ0) is 14.8. The van der Waals surface area contributed by atoms with Gasteiger partial charge in [-0.15, -0.1) is 0 Å². The molecule has 3 atom stereocenters. The van der Waals surface area contributed by atoms with Gasteiger partial charge in [-0.2, -0.15) is 0 Å². The van der Waals surface area contributed by atoms with Gasteiger partial charge in [-0.1, -0.05) is 77.8 Å². The quantitative estimate of drug-likeness (QED) is 0.571. The van der Waals surface area contributed by atoms with Crippen LogP contribution < -0.4 is 0 Å². The van der Waals surface area contributed by atoms with Crippen molar-refractivity contribution in [2.24, 2.45) is 0 Å². The molecular formula is C18H31Si. The van der Waals surface area contributed by atoms with Crippen molar-refractivity contribution < 1.29 is 0 Å². The molecule has 0 saturated heterocycles. The van der Waals surface area contributed by atoms with Crippen LogP contribution >= 0.6 is 0 Å². The second-order valence-electron chi connectivity index (χ2n) is 5.56. The second-order valence-corrected chi connectivity index (χ2v) is 6.54. The largest absolute Gasteiger partial charge is 0.0656 e. The molecule has 0 nitrogen and oxygen atoms in total. The molecular weight excluding hydrogens is 244 g/mol. The summed E-state index contributed by atoms with van der Waals surface area (Å²) in [6, 6.07) is 8.89. The summed E-state index contributed by atoms with van der Waals surface area (Å²) in [7, 11) is 3.42. The van der Waals surface area contributed by atoms with Crippen LogP contribution in [0.15, 0.2) is 24.3 Å². The monoisotopic (exact) mass is 275 g/mol. The Morgan fingerprint density at radius 3 is 1.32 bits per heavy atom. The minimum atomic E-state index is 0.690. The molecule has 0 aliphatic rings. The number of hydrogen-bond acceptors (Lipinski definition) is 0. The summed E-state index contributed by atoms with van der Waals surface area (Å²) in [5, 5.41) is 0. The van der Waals surface area contributed by atoms with Crippen LogP contribution in [0.2, 0.25) is 5.54 Å². The maximum Gasteiger partial charge on any atom is 0.0262 e. The fourth-order valence-electron chi connectivity index (χ4n) is 1.85. The normalized spacial score (nSPS) is 15.1. The lowest BCUT2D eigenvalue weighted by Gasteiger charge is -2.18. The Morgan fingerprint density at radius 2 is 1.11 bits per heavy atom. The summed E-state index contributed by atoms with van der Waals surface area (Å²) in [6.45, 7) is 13.5. The number of hydrogen-bond donors (Lipinski definition) is 0. The number of rotatable bonds is 5. The molecule has 19 heavy (non-hydrogen) atoms.